The normalized spacial score (nSPS) is 17.1. The minimum atomic E-state index is -0.0257. The maximum atomic E-state index is 11.9. The molecule has 2 aromatic rings. The monoisotopic (exact) mass is 287 g/mol. The third kappa shape index (κ3) is 2.22. The Labute approximate surface area is 122 Å². The highest BCUT2D eigenvalue weighted by atomic mass is 16.5. The molecule has 6 nitrogen and oxygen atoms in total. The summed E-state index contributed by atoms with van der Waals surface area (Å²) in [5.74, 6) is 2.05. The molecule has 0 unspecified atom stereocenters. The lowest BCUT2D eigenvalue weighted by Crippen LogP contribution is -2.24. The number of hydrogen-bond acceptors (Lipinski definition) is 4. The Morgan fingerprint density at radius 3 is 2.76 bits per heavy atom. The van der Waals surface area contributed by atoms with Crippen molar-refractivity contribution in [3.05, 3.63) is 35.5 Å². The van der Waals surface area contributed by atoms with Crippen molar-refractivity contribution in [1.82, 2.24) is 9.78 Å². The minimum absolute atomic E-state index is 0.00844. The van der Waals surface area contributed by atoms with Gasteiger partial charge < -0.3 is 14.8 Å². The number of benzene rings is 1. The number of amides is 1. The fourth-order valence-corrected chi connectivity index (χ4v) is 2.71. The van der Waals surface area contributed by atoms with E-state index < -0.39 is 0 Å². The van der Waals surface area contributed by atoms with Crippen molar-refractivity contribution in [2.24, 2.45) is 7.05 Å². The molecule has 2 heterocycles. The van der Waals surface area contributed by atoms with Crippen LogP contribution in [0.2, 0.25) is 0 Å². The molecule has 0 radical (unpaired) electrons. The lowest BCUT2D eigenvalue weighted by Gasteiger charge is -2.23. The van der Waals surface area contributed by atoms with E-state index in [9.17, 15) is 4.79 Å². The van der Waals surface area contributed by atoms with Crippen LogP contribution >= 0.6 is 0 Å². The second-order valence-corrected chi connectivity index (χ2v) is 4.99. The van der Waals surface area contributed by atoms with Gasteiger partial charge in [-0.2, -0.15) is 5.10 Å². The number of ether oxygens (including phenoxy) is 2. The van der Waals surface area contributed by atoms with Crippen molar-refractivity contribution in [3.63, 3.8) is 0 Å². The van der Waals surface area contributed by atoms with E-state index in [0.29, 0.717) is 17.9 Å². The molecule has 110 valence electrons. The van der Waals surface area contributed by atoms with Gasteiger partial charge in [0.1, 0.15) is 5.82 Å². The van der Waals surface area contributed by atoms with E-state index >= 15 is 0 Å². The number of anilines is 1. The molecule has 1 amide bonds. The molecule has 1 atom stereocenters. The van der Waals surface area contributed by atoms with Gasteiger partial charge in [0, 0.05) is 24.9 Å². The summed E-state index contributed by atoms with van der Waals surface area (Å²) < 4.78 is 12.3. The Hall–Kier alpha value is -2.50. The zero-order valence-corrected chi connectivity index (χ0v) is 12.2. The molecular formula is C15H17N3O3. The largest absolute Gasteiger partial charge is 0.493 e. The molecule has 3 rings (SSSR count). The van der Waals surface area contributed by atoms with Gasteiger partial charge in [-0.25, -0.2) is 0 Å². The smallest absolute Gasteiger partial charge is 0.226 e. The maximum Gasteiger partial charge on any atom is 0.226 e. The van der Waals surface area contributed by atoms with E-state index in [1.807, 2.05) is 25.2 Å². The average molecular weight is 287 g/mol. The quantitative estimate of drug-likeness (QED) is 0.936. The highest BCUT2D eigenvalue weighted by Crippen LogP contribution is 2.39. The van der Waals surface area contributed by atoms with E-state index in [2.05, 4.69) is 10.4 Å². The summed E-state index contributed by atoms with van der Waals surface area (Å²) in [7, 11) is 5.02. The van der Waals surface area contributed by atoms with Gasteiger partial charge in [-0.3, -0.25) is 9.48 Å². The van der Waals surface area contributed by atoms with E-state index in [1.165, 1.54) is 0 Å². The third-order valence-electron chi connectivity index (χ3n) is 3.80. The third-order valence-corrected chi connectivity index (χ3v) is 3.80. The van der Waals surface area contributed by atoms with Crippen LogP contribution in [0.4, 0.5) is 5.82 Å². The van der Waals surface area contributed by atoms with E-state index in [4.69, 9.17) is 9.47 Å². The molecule has 0 spiro atoms. The summed E-state index contributed by atoms with van der Waals surface area (Å²) in [6.07, 6.45) is 2.20. The minimum Gasteiger partial charge on any atom is -0.493 e. The van der Waals surface area contributed by atoms with Crippen molar-refractivity contribution in [3.8, 4) is 11.5 Å². The van der Waals surface area contributed by atoms with Crippen molar-refractivity contribution >= 4 is 11.7 Å². The summed E-state index contributed by atoms with van der Waals surface area (Å²) in [4.78, 5) is 11.9. The molecule has 0 fully saturated rings. The number of aromatic nitrogens is 2. The van der Waals surface area contributed by atoms with Gasteiger partial charge in [0.25, 0.3) is 0 Å². The van der Waals surface area contributed by atoms with Crippen molar-refractivity contribution in [2.45, 2.75) is 12.3 Å². The van der Waals surface area contributed by atoms with Crippen molar-refractivity contribution in [1.29, 1.82) is 0 Å². The summed E-state index contributed by atoms with van der Waals surface area (Å²) in [5, 5.41) is 7.10. The highest BCUT2D eigenvalue weighted by Gasteiger charge is 2.29. The standard InChI is InChI=1S/C15H17N3O3/c1-18-15-11(8-16-18)10(7-14(19)17-15)9-4-5-12(20-2)13(6-9)21-3/h4-6,8,10H,7H2,1-3H3,(H,17,19)/t10-/m1/s1. The summed E-state index contributed by atoms with van der Waals surface area (Å²) in [6.45, 7) is 0. The van der Waals surface area contributed by atoms with E-state index in [1.54, 1.807) is 25.1 Å². The molecule has 6 heteroatoms. The molecule has 0 aliphatic carbocycles. The number of carbonyl (C=O) groups is 1. The molecule has 1 aromatic heterocycles. The molecule has 1 aliphatic rings. The number of nitrogens with one attached hydrogen (secondary N) is 1. The predicted octanol–water partition coefficient (Wildman–Crippen LogP) is 1.91. The van der Waals surface area contributed by atoms with Crippen LogP contribution in [0.3, 0.4) is 0 Å². The first-order chi connectivity index (χ1) is 10.1. The van der Waals surface area contributed by atoms with Gasteiger partial charge >= 0.3 is 0 Å². The first kappa shape index (κ1) is 13.5. The number of methoxy groups -OCH3 is 2. The van der Waals surface area contributed by atoms with Gasteiger partial charge in [-0.05, 0) is 17.7 Å². The fourth-order valence-electron chi connectivity index (χ4n) is 2.71. The van der Waals surface area contributed by atoms with Crippen LogP contribution in [0.5, 0.6) is 11.5 Å². The van der Waals surface area contributed by atoms with Crippen molar-refractivity contribution < 1.29 is 14.3 Å². The van der Waals surface area contributed by atoms with E-state index in [0.717, 1.165) is 16.9 Å². The summed E-state index contributed by atoms with van der Waals surface area (Å²) in [5.41, 5.74) is 2.03. The highest BCUT2D eigenvalue weighted by molar-refractivity contribution is 5.94. The second-order valence-electron chi connectivity index (χ2n) is 4.99. The zero-order chi connectivity index (χ0) is 15.0. The van der Waals surface area contributed by atoms with Crippen LogP contribution in [-0.2, 0) is 11.8 Å². The lowest BCUT2D eigenvalue weighted by atomic mass is 9.87. The number of aryl methyl sites for hydroxylation is 1. The Kier molecular flexibility index (Phi) is 3.29. The Balaban J connectivity index is 2.06. The number of carbonyl (C=O) groups excluding carboxylic acids is 1. The van der Waals surface area contributed by atoms with E-state index in [-0.39, 0.29) is 11.8 Å². The predicted molar refractivity (Wildman–Crippen MR) is 77.8 cm³/mol. The Bertz CT molecular complexity index is 693. The van der Waals surface area contributed by atoms with Gasteiger partial charge in [-0.15, -0.1) is 0 Å². The van der Waals surface area contributed by atoms with Gasteiger partial charge in [0.15, 0.2) is 11.5 Å². The van der Waals surface area contributed by atoms with Crippen LogP contribution in [0.15, 0.2) is 24.4 Å². The SMILES string of the molecule is COc1ccc([C@H]2CC(=O)Nc3c2cnn3C)cc1OC. The molecule has 0 saturated carbocycles. The average Bonchev–Trinajstić information content (AvgIpc) is 2.87. The zero-order valence-electron chi connectivity index (χ0n) is 12.2. The first-order valence-corrected chi connectivity index (χ1v) is 6.67. The van der Waals surface area contributed by atoms with Crippen LogP contribution < -0.4 is 14.8 Å². The number of fused-ring (bicyclic) bond motifs is 1. The summed E-state index contributed by atoms with van der Waals surface area (Å²) >= 11 is 0. The number of rotatable bonds is 3. The second kappa shape index (κ2) is 5.12. The Morgan fingerprint density at radius 1 is 1.29 bits per heavy atom. The Morgan fingerprint density at radius 2 is 2.05 bits per heavy atom. The van der Waals surface area contributed by atoms with Gasteiger partial charge in [0.05, 0.1) is 20.4 Å². The molecule has 1 aliphatic heterocycles. The lowest BCUT2D eigenvalue weighted by molar-refractivity contribution is -0.116. The van der Waals surface area contributed by atoms with Crippen molar-refractivity contribution in [2.75, 3.05) is 19.5 Å². The van der Waals surface area contributed by atoms with Crippen LogP contribution in [0, 0.1) is 0 Å². The van der Waals surface area contributed by atoms with Crippen LogP contribution in [0.1, 0.15) is 23.5 Å². The van der Waals surface area contributed by atoms with Crippen LogP contribution in [0.25, 0.3) is 0 Å². The van der Waals surface area contributed by atoms with Crippen LogP contribution in [-0.4, -0.2) is 29.9 Å². The van der Waals surface area contributed by atoms with Gasteiger partial charge in [-0.1, -0.05) is 6.07 Å². The molecule has 21 heavy (non-hydrogen) atoms. The molecule has 1 N–H and O–H groups in total. The topological polar surface area (TPSA) is 65.4 Å². The molecule has 0 saturated heterocycles. The molecular weight excluding hydrogens is 270 g/mol. The van der Waals surface area contributed by atoms with Gasteiger partial charge in [0.2, 0.25) is 5.91 Å². The maximum absolute atomic E-state index is 11.9. The molecule has 1 aromatic carbocycles. The first-order valence-electron chi connectivity index (χ1n) is 6.67. The number of nitrogens with zero attached hydrogens (tertiary/aromatic N) is 2. The fraction of sp³-hybridized carbons (Fsp3) is 0.333. The molecule has 0 bridgehead atoms. The summed E-state index contributed by atoms with van der Waals surface area (Å²) in [6, 6.07) is 5.73. The number of hydrogen-bond donors (Lipinski definition) is 1.